The van der Waals surface area contributed by atoms with Crippen LogP contribution in [0, 0.1) is 0 Å². The molecule has 0 unspecified atom stereocenters. The maximum atomic E-state index is 10.0. The summed E-state index contributed by atoms with van der Waals surface area (Å²) in [4.78, 5) is 80.3. The fraction of sp³-hybridized carbons (Fsp3) is 0.600. The summed E-state index contributed by atoms with van der Waals surface area (Å²) in [5.41, 5.74) is 0. The average Bonchev–Trinajstić information content (AvgIpc) is 2.32. The van der Waals surface area contributed by atoms with Crippen molar-refractivity contribution >= 4 is 46.3 Å². The summed E-state index contributed by atoms with van der Waals surface area (Å²) in [5.74, 6) is -0.500. The second-order valence-corrected chi connectivity index (χ2v) is 6.32. The van der Waals surface area contributed by atoms with Crippen molar-refractivity contribution in [1.82, 2.24) is 0 Å². The summed E-state index contributed by atoms with van der Waals surface area (Å²) in [5, 5.41) is 0. The SMILES string of the molecule is CC(=O)CC(C)=O.CC(=O)CC(C)=O.CC(=O)CC(C)=O.CC(=O)CC(C)=O.[Zr]. The largest absolute Gasteiger partial charge is 0.300 e. The van der Waals surface area contributed by atoms with Gasteiger partial charge >= 0.3 is 0 Å². The predicted octanol–water partition coefficient (Wildman–Crippen LogP) is 2.22. The van der Waals surface area contributed by atoms with Crippen molar-refractivity contribution in [3.05, 3.63) is 0 Å². The third-order valence-electron chi connectivity index (χ3n) is 1.99. The van der Waals surface area contributed by atoms with Crippen molar-refractivity contribution in [1.29, 1.82) is 0 Å². The van der Waals surface area contributed by atoms with E-state index in [1.807, 2.05) is 0 Å². The van der Waals surface area contributed by atoms with E-state index in [9.17, 15) is 38.4 Å². The van der Waals surface area contributed by atoms with E-state index in [-0.39, 0.29) is 98.2 Å². The predicted molar refractivity (Wildman–Crippen MR) is 104 cm³/mol. The number of hydrogen-bond donors (Lipinski definition) is 0. The van der Waals surface area contributed by atoms with Crippen LogP contribution in [0.25, 0.3) is 0 Å². The molecule has 29 heavy (non-hydrogen) atoms. The van der Waals surface area contributed by atoms with Crippen LogP contribution in [0.2, 0.25) is 0 Å². The Morgan fingerprint density at radius 3 is 0.379 bits per heavy atom. The van der Waals surface area contributed by atoms with Gasteiger partial charge in [0.15, 0.2) is 0 Å². The van der Waals surface area contributed by atoms with E-state index >= 15 is 0 Å². The number of ketones is 8. The molecule has 0 fully saturated rings. The number of carbonyl (C=O) groups excluding carboxylic acids is 8. The first-order chi connectivity index (χ1) is 12.5. The van der Waals surface area contributed by atoms with Gasteiger partial charge in [-0.15, -0.1) is 0 Å². The molecule has 0 saturated heterocycles. The number of rotatable bonds is 8. The molecule has 0 saturated carbocycles. The molecule has 0 aromatic carbocycles. The molecule has 0 aliphatic rings. The summed E-state index contributed by atoms with van der Waals surface area (Å²) >= 11 is 0. The van der Waals surface area contributed by atoms with Gasteiger partial charge in [0, 0.05) is 26.2 Å². The number of Topliss-reactive ketones (excluding diaryl/α,β-unsaturated/α-hetero) is 8. The third-order valence-corrected chi connectivity index (χ3v) is 1.99. The summed E-state index contributed by atoms with van der Waals surface area (Å²) in [6.07, 6.45) is 0.333. The van der Waals surface area contributed by atoms with Crippen molar-refractivity contribution in [2.24, 2.45) is 0 Å². The van der Waals surface area contributed by atoms with E-state index in [1.165, 1.54) is 55.4 Å². The maximum absolute atomic E-state index is 10.0. The fourth-order valence-corrected chi connectivity index (χ4v) is 1.40. The average molecular weight is 492 g/mol. The normalized spacial score (nSPS) is 8.00. The van der Waals surface area contributed by atoms with Crippen LogP contribution in [0.5, 0.6) is 0 Å². The Bertz CT molecular complexity index is 439. The van der Waals surface area contributed by atoms with E-state index in [0.29, 0.717) is 0 Å². The molecule has 164 valence electrons. The molecule has 0 N–H and O–H groups in total. The molecule has 0 aliphatic heterocycles. The van der Waals surface area contributed by atoms with E-state index in [0.717, 1.165) is 0 Å². The molecular formula is C20H32O8Zr. The van der Waals surface area contributed by atoms with Crippen LogP contribution in [-0.2, 0) is 64.6 Å². The molecule has 0 bridgehead atoms. The van der Waals surface area contributed by atoms with Crippen LogP contribution in [-0.4, -0.2) is 46.3 Å². The molecule has 0 heterocycles. The zero-order valence-electron chi connectivity index (χ0n) is 18.6. The second kappa shape index (κ2) is 24.3. The van der Waals surface area contributed by atoms with Gasteiger partial charge in [-0.2, -0.15) is 0 Å². The van der Waals surface area contributed by atoms with Gasteiger partial charge < -0.3 is 0 Å². The monoisotopic (exact) mass is 490 g/mol. The standard InChI is InChI=1S/4C5H8O2.Zr/c4*1-4(6)3-5(2)7;/h4*3H2,1-2H3;. The van der Waals surface area contributed by atoms with Gasteiger partial charge in [0.25, 0.3) is 0 Å². The molecule has 0 aromatic rings. The zero-order valence-corrected chi connectivity index (χ0v) is 21.1. The van der Waals surface area contributed by atoms with Crippen LogP contribution >= 0.6 is 0 Å². The van der Waals surface area contributed by atoms with E-state index in [2.05, 4.69) is 0 Å². The minimum Gasteiger partial charge on any atom is -0.300 e. The summed E-state index contributed by atoms with van der Waals surface area (Å²) in [6.45, 7) is 11.2. The first kappa shape index (κ1) is 37.9. The molecule has 8 nitrogen and oxygen atoms in total. The van der Waals surface area contributed by atoms with Crippen LogP contribution in [0.3, 0.4) is 0 Å². The first-order valence-corrected chi connectivity index (χ1v) is 8.46. The van der Waals surface area contributed by atoms with E-state index < -0.39 is 0 Å². The Morgan fingerprint density at radius 2 is 0.379 bits per heavy atom. The molecular weight excluding hydrogens is 459 g/mol. The smallest absolute Gasteiger partial charge is 0.137 e. The number of carbonyl (C=O) groups is 8. The van der Waals surface area contributed by atoms with E-state index in [4.69, 9.17) is 0 Å². The molecule has 0 atom stereocenters. The van der Waals surface area contributed by atoms with Gasteiger partial charge in [0.05, 0.1) is 25.7 Å². The summed E-state index contributed by atoms with van der Waals surface area (Å²) in [7, 11) is 0. The van der Waals surface area contributed by atoms with Gasteiger partial charge in [-0.3, -0.25) is 38.4 Å². The van der Waals surface area contributed by atoms with Crippen molar-refractivity contribution < 1.29 is 64.6 Å². The van der Waals surface area contributed by atoms with Crippen LogP contribution in [0.4, 0.5) is 0 Å². The maximum Gasteiger partial charge on any atom is 0.137 e. The molecule has 0 radical (unpaired) electrons. The fourth-order valence-electron chi connectivity index (χ4n) is 1.40. The van der Waals surface area contributed by atoms with Crippen molar-refractivity contribution in [2.75, 3.05) is 0 Å². The quantitative estimate of drug-likeness (QED) is 0.471. The van der Waals surface area contributed by atoms with Gasteiger partial charge in [0.2, 0.25) is 0 Å². The molecule has 0 aromatic heterocycles. The third kappa shape index (κ3) is 76.0. The first-order valence-electron chi connectivity index (χ1n) is 8.46. The van der Waals surface area contributed by atoms with Crippen LogP contribution in [0.1, 0.15) is 81.1 Å². The minimum atomic E-state index is -0.0625. The Labute approximate surface area is 191 Å². The second-order valence-electron chi connectivity index (χ2n) is 6.32. The summed E-state index contributed by atoms with van der Waals surface area (Å²) in [6, 6.07) is 0. The zero-order chi connectivity index (χ0) is 23.4. The Morgan fingerprint density at radius 1 is 0.310 bits per heavy atom. The van der Waals surface area contributed by atoms with Crippen molar-refractivity contribution in [2.45, 2.75) is 81.1 Å². The van der Waals surface area contributed by atoms with Crippen LogP contribution in [0.15, 0.2) is 0 Å². The molecule has 0 spiro atoms. The Kier molecular flexibility index (Phi) is 31.8. The van der Waals surface area contributed by atoms with Gasteiger partial charge in [0.1, 0.15) is 46.3 Å². The number of hydrogen-bond acceptors (Lipinski definition) is 8. The van der Waals surface area contributed by atoms with Gasteiger partial charge in [-0.25, -0.2) is 0 Å². The molecule has 9 heteroatoms. The van der Waals surface area contributed by atoms with Crippen molar-refractivity contribution in [3.8, 4) is 0 Å². The molecule has 0 rings (SSSR count). The Balaban J connectivity index is -0.0000000873. The van der Waals surface area contributed by atoms with Gasteiger partial charge in [-0.05, 0) is 55.4 Å². The van der Waals surface area contributed by atoms with Crippen LogP contribution < -0.4 is 0 Å². The van der Waals surface area contributed by atoms with Gasteiger partial charge in [-0.1, -0.05) is 0 Å². The van der Waals surface area contributed by atoms with E-state index in [1.54, 1.807) is 0 Å². The topological polar surface area (TPSA) is 137 Å². The minimum absolute atomic E-state index is 0. The molecule has 0 aliphatic carbocycles. The molecule has 0 amide bonds. The van der Waals surface area contributed by atoms with Crippen molar-refractivity contribution in [3.63, 3.8) is 0 Å². The summed E-state index contributed by atoms with van der Waals surface area (Å²) < 4.78 is 0. The Hall–Kier alpha value is -1.76.